The summed E-state index contributed by atoms with van der Waals surface area (Å²) in [7, 11) is 1.59. The van der Waals surface area contributed by atoms with Gasteiger partial charge in [-0.1, -0.05) is 37.1 Å². The Hall–Kier alpha value is -2.56. The first-order valence-electron chi connectivity index (χ1n) is 8.96. The van der Waals surface area contributed by atoms with Crippen LogP contribution in [0.5, 0.6) is 11.5 Å². The second kappa shape index (κ2) is 8.21. The minimum absolute atomic E-state index is 0.0516. The predicted molar refractivity (Wildman–Crippen MR) is 98.0 cm³/mol. The van der Waals surface area contributed by atoms with Crippen molar-refractivity contribution in [1.29, 1.82) is 0 Å². The number of hydrogen-bond donors (Lipinski definition) is 1. The Balaban J connectivity index is 1.61. The average Bonchev–Trinajstić information content (AvgIpc) is 3.16. The van der Waals surface area contributed by atoms with E-state index in [9.17, 15) is 9.18 Å². The second-order valence-electron chi connectivity index (χ2n) is 6.55. The Morgan fingerprint density at radius 3 is 2.54 bits per heavy atom. The molecule has 1 N–H and O–H groups in total. The lowest BCUT2D eigenvalue weighted by atomic mass is 9.78. The molecule has 0 atom stereocenters. The van der Waals surface area contributed by atoms with Crippen molar-refractivity contribution in [3.8, 4) is 11.5 Å². The molecule has 1 aliphatic carbocycles. The molecule has 2 aromatic carbocycles. The number of para-hydroxylation sites is 2. The van der Waals surface area contributed by atoms with Crippen LogP contribution in [0.4, 0.5) is 4.39 Å². The molecule has 0 aliphatic heterocycles. The molecule has 0 unspecified atom stereocenters. The van der Waals surface area contributed by atoms with Gasteiger partial charge in [0.2, 0.25) is 5.91 Å². The molecule has 3 rings (SSSR count). The third-order valence-electron chi connectivity index (χ3n) is 4.98. The van der Waals surface area contributed by atoms with Crippen molar-refractivity contribution in [1.82, 2.24) is 5.32 Å². The van der Waals surface area contributed by atoms with Crippen molar-refractivity contribution in [3.05, 3.63) is 59.9 Å². The summed E-state index contributed by atoms with van der Waals surface area (Å²) in [4.78, 5) is 12.9. The molecule has 0 bridgehead atoms. The molecule has 1 amide bonds. The zero-order valence-electron chi connectivity index (χ0n) is 15.0. The van der Waals surface area contributed by atoms with Gasteiger partial charge in [-0.25, -0.2) is 4.39 Å². The molecule has 1 saturated carbocycles. The molecule has 0 saturated heterocycles. The Labute approximate surface area is 153 Å². The number of hydrogen-bond acceptors (Lipinski definition) is 3. The van der Waals surface area contributed by atoms with Gasteiger partial charge >= 0.3 is 0 Å². The highest BCUT2D eigenvalue weighted by molar-refractivity contribution is 5.88. The number of halogens is 1. The largest absolute Gasteiger partial charge is 0.493 e. The molecule has 5 heteroatoms. The van der Waals surface area contributed by atoms with Crippen molar-refractivity contribution in [2.75, 3.05) is 20.3 Å². The van der Waals surface area contributed by atoms with Crippen LogP contribution in [0.3, 0.4) is 0 Å². The van der Waals surface area contributed by atoms with Gasteiger partial charge in [0.1, 0.15) is 12.4 Å². The van der Waals surface area contributed by atoms with E-state index in [0.29, 0.717) is 24.7 Å². The van der Waals surface area contributed by atoms with Crippen molar-refractivity contribution >= 4 is 5.91 Å². The standard InChI is InChI=1S/C21H24FNO3/c1-25-18-9-2-3-10-19(18)26-14-13-23-20(24)21(11-4-5-12-21)16-7-6-8-17(22)15-16/h2-3,6-10,15H,4-5,11-14H2,1H3,(H,23,24). The van der Waals surface area contributed by atoms with Gasteiger partial charge in [-0.05, 0) is 42.7 Å². The van der Waals surface area contributed by atoms with Gasteiger partial charge in [0.15, 0.2) is 11.5 Å². The number of carbonyl (C=O) groups excluding carboxylic acids is 1. The zero-order valence-corrected chi connectivity index (χ0v) is 15.0. The maximum absolute atomic E-state index is 13.7. The lowest BCUT2D eigenvalue weighted by Crippen LogP contribution is -2.44. The van der Waals surface area contributed by atoms with Crippen molar-refractivity contribution in [2.45, 2.75) is 31.1 Å². The van der Waals surface area contributed by atoms with Crippen LogP contribution in [0.2, 0.25) is 0 Å². The van der Waals surface area contributed by atoms with E-state index in [-0.39, 0.29) is 11.7 Å². The summed E-state index contributed by atoms with van der Waals surface area (Å²) in [5.41, 5.74) is 0.130. The number of ether oxygens (including phenoxy) is 2. The molecule has 138 valence electrons. The highest BCUT2D eigenvalue weighted by atomic mass is 19.1. The van der Waals surface area contributed by atoms with Gasteiger partial charge in [-0.2, -0.15) is 0 Å². The normalized spacial score (nSPS) is 15.5. The Bertz CT molecular complexity index is 756. The third-order valence-corrected chi connectivity index (χ3v) is 4.98. The summed E-state index contributed by atoms with van der Waals surface area (Å²) < 4.78 is 24.6. The van der Waals surface area contributed by atoms with Crippen LogP contribution in [0.1, 0.15) is 31.2 Å². The van der Waals surface area contributed by atoms with Crippen LogP contribution in [0.15, 0.2) is 48.5 Å². The molecule has 0 spiro atoms. The summed E-state index contributed by atoms with van der Waals surface area (Å²) in [5.74, 6) is 0.945. The van der Waals surface area contributed by atoms with Gasteiger partial charge in [0.05, 0.1) is 19.1 Å². The fraction of sp³-hybridized carbons (Fsp3) is 0.381. The molecule has 0 radical (unpaired) electrons. The monoisotopic (exact) mass is 357 g/mol. The summed E-state index contributed by atoms with van der Waals surface area (Å²) in [6.07, 6.45) is 3.44. The minimum atomic E-state index is -0.632. The molecule has 26 heavy (non-hydrogen) atoms. The summed E-state index contributed by atoms with van der Waals surface area (Å²) in [6.45, 7) is 0.722. The number of nitrogens with one attached hydrogen (secondary N) is 1. The molecular weight excluding hydrogens is 333 g/mol. The first kappa shape index (κ1) is 18.2. The molecule has 4 nitrogen and oxygen atoms in total. The van der Waals surface area contributed by atoms with Gasteiger partial charge < -0.3 is 14.8 Å². The van der Waals surface area contributed by atoms with E-state index in [1.54, 1.807) is 13.2 Å². The van der Waals surface area contributed by atoms with E-state index in [1.165, 1.54) is 12.1 Å². The van der Waals surface area contributed by atoms with E-state index in [0.717, 1.165) is 31.2 Å². The lowest BCUT2D eigenvalue weighted by molar-refractivity contribution is -0.126. The number of rotatable bonds is 7. The van der Waals surface area contributed by atoms with Crippen LogP contribution in [0.25, 0.3) is 0 Å². The Morgan fingerprint density at radius 1 is 1.12 bits per heavy atom. The topological polar surface area (TPSA) is 47.6 Å². The van der Waals surface area contributed by atoms with Crippen LogP contribution < -0.4 is 14.8 Å². The van der Waals surface area contributed by atoms with Gasteiger partial charge in [-0.15, -0.1) is 0 Å². The number of methoxy groups -OCH3 is 1. The zero-order chi connectivity index (χ0) is 18.4. The Kier molecular flexibility index (Phi) is 5.76. The van der Waals surface area contributed by atoms with E-state index < -0.39 is 5.41 Å². The molecule has 0 aromatic heterocycles. The van der Waals surface area contributed by atoms with Gasteiger partial charge in [0.25, 0.3) is 0 Å². The number of carbonyl (C=O) groups is 1. The van der Waals surface area contributed by atoms with Crippen LogP contribution >= 0.6 is 0 Å². The molecular formula is C21H24FNO3. The SMILES string of the molecule is COc1ccccc1OCCNC(=O)C1(c2cccc(F)c2)CCCC1. The van der Waals surface area contributed by atoms with Crippen molar-refractivity contribution in [2.24, 2.45) is 0 Å². The van der Waals surface area contributed by atoms with Gasteiger partial charge in [-0.3, -0.25) is 4.79 Å². The van der Waals surface area contributed by atoms with E-state index in [4.69, 9.17) is 9.47 Å². The highest BCUT2D eigenvalue weighted by Crippen LogP contribution is 2.41. The quantitative estimate of drug-likeness (QED) is 0.766. The summed E-state index contributed by atoms with van der Waals surface area (Å²) in [5, 5.41) is 2.96. The lowest BCUT2D eigenvalue weighted by Gasteiger charge is -2.28. The Morgan fingerprint density at radius 2 is 1.85 bits per heavy atom. The predicted octanol–water partition coefficient (Wildman–Crippen LogP) is 3.84. The molecule has 1 fully saturated rings. The molecule has 1 aliphatic rings. The van der Waals surface area contributed by atoms with Crippen LogP contribution in [0, 0.1) is 5.82 Å². The van der Waals surface area contributed by atoms with Crippen molar-refractivity contribution < 1.29 is 18.7 Å². The number of benzene rings is 2. The van der Waals surface area contributed by atoms with E-state index >= 15 is 0 Å². The average molecular weight is 357 g/mol. The first-order valence-corrected chi connectivity index (χ1v) is 8.96. The van der Waals surface area contributed by atoms with Crippen molar-refractivity contribution in [3.63, 3.8) is 0 Å². The maximum Gasteiger partial charge on any atom is 0.230 e. The highest BCUT2D eigenvalue weighted by Gasteiger charge is 2.42. The smallest absolute Gasteiger partial charge is 0.230 e. The molecule has 0 heterocycles. The number of amides is 1. The van der Waals surface area contributed by atoms with Crippen LogP contribution in [-0.4, -0.2) is 26.2 Å². The summed E-state index contributed by atoms with van der Waals surface area (Å²) in [6, 6.07) is 13.8. The summed E-state index contributed by atoms with van der Waals surface area (Å²) >= 11 is 0. The first-order chi connectivity index (χ1) is 12.7. The maximum atomic E-state index is 13.7. The second-order valence-corrected chi connectivity index (χ2v) is 6.55. The van der Waals surface area contributed by atoms with E-state index in [2.05, 4.69) is 5.32 Å². The van der Waals surface area contributed by atoms with E-state index in [1.807, 2.05) is 30.3 Å². The fourth-order valence-electron chi connectivity index (χ4n) is 3.64. The van der Waals surface area contributed by atoms with Gasteiger partial charge in [0, 0.05) is 0 Å². The van der Waals surface area contributed by atoms with Crippen LogP contribution in [-0.2, 0) is 10.2 Å². The minimum Gasteiger partial charge on any atom is -0.493 e. The molecule has 2 aromatic rings. The third kappa shape index (κ3) is 3.82. The fourth-order valence-corrected chi connectivity index (χ4v) is 3.64.